The first-order valence-corrected chi connectivity index (χ1v) is 8.26. The molecular formula is C18H26N2O3. The highest BCUT2D eigenvalue weighted by Gasteiger charge is 2.27. The number of carboxylic acid groups (broad SMARTS) is 1. The number of hydrogen-bond acceptors (Lipinski definition) is 2. The van der Waals surface area contributed by atoms with Crippen molar-refractivity contribution < 1.29 is 14.7 Å². The van der Waals surface area contributed by atoms with Gasteiger partial charge in [0, 0.05) is 19.6 Å². The molecule has 126 valence electrons. The maximum Gasteiger partial charge on any atom is 0.317 e. The summed E-state index contributed by atoms with van der Waals surface area (Å²) >= 11 is 0. The van der Waals surface area contributed by atoms with Gasteiger partial charge in [0.1, 0.15) is 0 Å². The summed E-state index contributed by atoms with van der Waals surface area (Å²) in [5.74, 6) is -0.697. The third-order valence-corrected chi connectivity index (χ3v) is 4.67. The second-order valence-electron chi connectivity index (χ2n) is 6.53. The van der Waals surface area contributed by atoms with Crippen molar-refractivity contribution in [1.82, 2.24) is 10.2 Å². The second-order valence-corrected chi connectivity index (χ2v) is 6.53. The lowest BCUT2D eigenvalue weighted by Gasteiger charge is -2.29. The molecule has 2 amide bonds. The van der Waals surface area contributed by atoms with Crippen molar-refractivity contribution in [2.24, 2.45) is 5.92 Å². The monoisotopic (exact) mass is 318 g/mol. The molecule has 0 bridgehead atoms. The van der Waals surface area contributed by atoms with E-state index in [1.54, 1.807) is 11.9 Å². The lowest BCUT2D eigenvalue weighted by Crippen LogP contribution is -2.45. The number of carbonyl (C=O) groups excluding carboxylic acids is 1. The van der Waals surface area contributed by atoms with Gasteiger partial charge in [-0.1, -0.05) is 37.3 Å². The maximum absolute atomic E-state index is 12.3. The summed E-state index contributed by atoms with van der Waals surface area (Å²) in [5, 5.41) is 12.0. The Kier molecular flexibility index (Phi) is 6.02. The van der Waals surface area contributed by atoms with Gasteiger partial charge in [-0.3, -0.25) is 4.79 Å². The number of benzene rings is 1. The number of amides is 2. The molecule has 5 heteroatoms. The van der Waals surface area contributed by atoms with Gasteiger partial charge in [0.2, 0.25) is 0 Å². The molecule has 1 aliphatic carbocycles. The zero-order chi connectivity index (χ0) is 16.8. The second kappa shape index (κ2) is 7.99. The predicted molar refractivity (Wildman–Crippen MR) is 89.4 cm³/mol. The molecule has 0 radical (unpaired) electrons. The zero-order valence-corrected chi connectivity index (χ0v) is 13.9. The normalized spacial score (nSPS) is 22.2. The number of aliphatic carboxylic acids is 1. The number of nitrogens with zero attached hydrogens (tertiary/aromatic N) is 1. The third-order valence-electron chi connectivity index (χ3n) is 4.67. The van der Waals surface area contributed by atoms with Gasteiger partial charge in [0.25, 0.3) is 0 Å². The Bertz CT molecular complexity index is 524. The number of hydrogen-bond donors (Lipinski definition) is 2. The molecule has 0 saturated heterocycles. The van der Waals surface area contributed by atoms with Gasteiger partial charge in [-0.05, 0) is 37.2 Å². The molecular weight excluding hydrogens is 292 g/mol. The van der Waals surface area contributed by atoms with Crippen LogP contribution in [0.5, 0.6) is 0 Å². The van der Waals surface area contributed by atoms with Crippen LogP contribution in [0.3, 0.4) is 0 Å². The highest BCUT2D eigenvalue weighted by Crippen LogP contribution is 2.24. The minimum absolute atomic E-state index is 0.0773. The first-order valence-electron chi connectivity index (χ1n) is 8.26. The van der Waals surface area contributed by atoms with E-state index < -0.39 is 5.97 Å². The molecule has 0 heterocycles. The van der Waals surface area contributed by atoms with Crippen molar-refractivity contribution >= 4 is 12.0 Å². The van der Waals surface area contributed by atoms with E-state index in [0.717, 1.165) is 12.8 Å². The summed E-state index contributed by atoms with van der Waals surface area (Å²) in [7, 11) is 1.80. The minimum atomic E-state index is -0.719. The number of urea groups is 1. The Labute approximate surface area is 137 Å². The summed E-state index contributed by atoms with van der Waals surface area (Å²) in [5.41, 5.74) is 1.22. The first-order chi connectivity index (χ1) is 11.0. The molecule has 1 atom stereocenters. The van der Waals surface area contributed by atoms with Crippen LogP contribution in [0.4, 0.5) is 4.79 Å². The summed E-state index contributed by atoms with van der Waals surface area (Å²) in [6.45, 7) is 2.76. The van der Waals surface area contributed by atoms with Crippen LogP contribution in [-0.2, 0) is 4.79 Å². The van der Waals surface area contributed by atoms with Gasteiger partial charge in [-0.25, -0.2) is 4.79 Å². The van der Waals surface area contributed by atoms with Crippen molar-refractivity contribution in [3.05, 3.63) is 35.9 Å². The SMILES string of the molecule is CC(CN(C)C(=O)NC1CCC(C(=O)O)CC1)c1ccccc1. The molecule has 1 unspecified atom stereocenters. The average Bonchev–Trinajstić information content (AvgIpc) is 2.56. The van der Waals surface area contributed by atoms with Crippen LogP contribution in [-0.4, -0.2) is 41.6 Å². The van der Waals surface area contributed by atoms with E-state index in [-0.39, 0.29) is 23.9 Å². The molecule has 1 aromatic rings. The van der Waals surface area contributed by atoms with Crippen molar-refractivity contribution in [2.75, 3.05) is 13.6 Å². The summed E-state index contributed by atoms with van der Waals surface area (Å²) in [6.07, 6.45) is 2.77. The van der Waals surface area contributed by atoms with E-state index in [4.69, 9.17) is 5.11 Å². The quantitative estimate of drug-likeness (QED) is 0.876. The van der Waals surface area contributed by atoms with Gasteiger partial charge >= 0.3 is 12.0 Å². The fraction of sp³-hybridized carbons (Fsp3) is 0.556. The number of likely N-dealkylation sites (N-methyl/N-ethyl adjacent to an activating group) is 1. The highest BCUT2D eigenvalue weighted by molar-refractivity contribution is 5.74. The predicted octanol–water partition coefficient (Wildman–Crippen LogP) is 3.07. The molecule has 1 aromatic carbocycles. The standard InChI is InChI=1S/C18H26N2O3/c1-13(14-6-4-3-5-7-14)12-20(2)18(23)19-16-10-8-15(9-11-16)17(21)22/h3-7,13,15-16H,8-12H2,1-2H3,(H,19,23)(H,21,22). The van der Waals surface area contributed by atoms with Crippen molar-refractivity contribution in [3.8, 4) is 0 Å². The number of rotatable bonds is 5. The van der Waals surface area contributed by atoms with Crippen LogP contribution in [0.2, 0.25) is 0 Å². The van der Waals surface area contributed by atoms with Crippen molar-refractivity contribution in [1.29, 1.82) is 0 Å². The van der Waals surface area contributed by atoms with E-state index in [2.05, 4.69) is 24.4 Å². The van der Waals surface area contributed by atoms with E-state index in [0.29, 0.717) is 19.4 Å². The van der Waals surface area contributed by atoms with Crippen LogP contribution in [0.25, 0.3) is 0 Å². The van der Waals surface area contributed by atoms with Gasteiger partial charge in [0.15, 0.2) is 0 Å². The molecule has 0 aromatic heterocycles. The topological polar surface area (TPSA) is 69.6 Å². The van der Waals surface area contributed by atoms with E-state index in [1.807, 2.05) is 18.2 Å². The first kappa shape index (κ1) is 17.3. The largest absolute Gasteiger partial charge is 0.481 e. The van der Waals surface area contributed by atoms with Gasteiger partial charge in [0.05, 0.1) is 5.92 Å². The summed E-state index contributed by atoms with van der Waals surface area (Å²) < 4.78 is 0. The lowest BCUT2D eigenvalue weighted by atomic mass is 9.86. The Morgan fingerprint density at radius 3 is 2.39 bits per heavy atom. The Hall–Kier alpha value is -2.04. The molecule has 1 fully saturated rings. The van der Waals surface area contributed by atoms with Crippen LogP contribution >= 0.6 is 0 Å². The molecule has 23 heavy (non-hydrogen) atoms. The minimum Gasteiger partial charge on any atom is -0.481 e. The van der Waals surface area contributed by atoms with Crippen LogP contribution in [0.15, 0.2) is 30.3 Å². The van der Waals surface area contributed by atoms with Crippen LogP contribution in [0, 0.1) is 5.92 Å². The lowest BCUT2D eigenvalue weighted by molar-refractivity contribution is -0.142. The Morgan fingerprint density at radius 1 is 1.22 bits per heavy atom. The van der Waals surface area contributed by atoms with E-state index in [9.17, 15) is 9.59 Å². The highest BCUT2D eigenvalue weighted by atomic mass is 16.4. The third kappa shape index (κ3) is 4.98. The molecule has 1 saturated carbocycles. The number of nitrogens with one attached hydrogen (secondary N) is 1. The molecule has 0 spiro atoms. The van der Waals surface area contributed by atoms with Gasteiger partial charge in [-0.2, -0.15) is 0 Å². The van der Waals surface area contributed by atoms with Gasteiger partial charge in [-0.15, -0.1) is 0 Å². The maximum atomic E-state index is 12.3. The number of carboxylic acids is 1. The molecule has 1 aliphatic rings. The molecule has 2 rings (SSSR count). The smallest absolute Gasteiger partial charge is 0.317 e. The molecule has 2 N–H and O–H groups in total. The van der Waals surface area contributed by atoms with Crippen molar-refractivity contribution in [3.63, 3.8) is 0 Å². The summed E-state index contributed by atoms with van der Waals surface area (Å²) in [6, 6.07) is 10.2. The van der Waals surface area contributed by atoms with Gasteiger partial charge < -0.3 is 15.3 Å². The summed E-state index contributed by atoms with van der Waals surface area (Å²) in [4.78, 5) is 25.0. The Morgan fingerprint density at radius 2 is 1.83 bits per heavy atom. The molecule has 5 nitrogen and oxygen atoms in total. The van der Waals surface area contributed by atoms with E-state index >= 15 is 0 Å². The van der Waals surface area contributed by atoms with Crippen molar-refractivity contribution in [2.45, 2.75) is 44.6 Å². The fourth-order valence-corrected chi connectivity index (χ4v) is 3.15. The zero-order valence-electron chi connectivity index (χ0n) is 13.9. The van der Waals surface area contributed by atoms with Crippen LogP contribution in [0.1, 0.15) is 44.1 Å². The fourth-order valence-electron chi connectivity index (χ4n) is 3.15. The van der Waals surface area contributed by atoms with Crippen LogP contribution < -0.4 is 5.32 Å². The average molecular weight is 318 g/mol. The van der Waals surface area contributed by atoms with E-state index in [1.165, 1.54) is 5.56 Å². The Balaban J connectivity index is 1.78. The number of carbonyl (C=O) groups is 2. The molecule has 0 aliphatic heterocycles.